The van der Waals surface area contributed by atoms with Gasteiger partial charge in [-0.25, -0.2) is 0 Å². The Morgan fingerprint density at radius 3 is 2.70 bits per heavy atom. The Morgan fingerprint density at radius 2 is 2.20 bits per heavy atom. The second-order valence-corrected chi connectivity index (χ2v) is 2.45. The normalized spacial score (nSPS) is 12.9. The first-order valence-corrected chi connectivity index (χ1v) is 3.95. The van der Waals surface area contributed by atoms with Crippen LogP contribution in [0.15, 0.2) is 17.3 Å². The summed E-state index contributed by atoms with van der Waals surface area (Å²) in [6.07, 6.45) is 7.46. The molecule has 0 aliphatic heterocycles. The maximum Gasteiger partial charge on any atom is 0.0224 e. The Labute approximate surface area is 63.9 Å². The number of aliphatic imine (C=N–C) groups is 1. The molecule has 1 nitrogen and oxygen atoms in total. The molecule has 0 radical (unpaired) electrons. The van der Waals surface area contributed by atoms with Crippen molar-refractivity contribution in [3.63, 3.8) is 0 Å². The van der Waals surface area contributed by atoms with Crippen molar-refractivity contribution in [1.82, 2.24) is 0 Å². The molecule has 0 bridgehead atoms. The molecule has 0 aliphatic rings. The number of unbranched alkanes of at least 4 members (excludes halogenated alkanes) is 1. The maximum atomic E-state index is 4.22. The van der Waals surface area contributed by atoms with Crippen LogP contribution in [0.4, 0.5) is 0 Å². The lowest BCUT2D eigenvalue weighted by molar-refractivity contribution is 0.833. The minimum absolute atomic E-state index is 1.14. The van der Waals surface area contributed by atoms with Crippen LogP contribution in [-0.2, 0) is 0 Å². The van der Waals surface area contributed by atoms with Gasteiger partial charge < -0.3 is 0 Å². The molecule has 0 saturated carbocycles. The molecule has 0 fully saturated rings. The molecule has 0 N–H and O–H groups in total. The third-order valence-electron chi connectivity index (χ3n) is 1.34. The quantitative estimate of drug-likeness (QED) is 0.530. The van der Waals surface area contributed by atoms with Crippen molar-refractivity contribution in [3.8, 4) is 0 Å². The van der Waals surface area contributed by atoms with Gasteiger partial charge in [0.15, 0.2) is 0 Å². The molecule has 0 rings (SSSR count). The number of nitrogens with zero attached hydrogens (tertiary/aromatic N) is 1. The van der Waals surface area contributed by atoms with Crippen molar-refractivity contribution in [1.29, 1.82) is 0 Å². The van der Waals surface area contributed by atoms with E-state index < -0.39 is 0 Å². The fourth-order valence-corrected chi connectivity index (χ4v) is 0.699. The van der Waals surface area contributed by atoms with Crippen LogP contribution >= 0.6 is 0 Å². The lowest BCUT2D eigenvalue weighted by Crippen LogP contribution is -1.88. The maximum absolute atomic E-state index is 4.22. The molecule has 58 valence electrons. The van der Waals surface area contributed by atoms with Crippen LogP contribution in [0.5, 0.6) is 0 Å². The summed E-state index contributed by atoms with van der Waals surface area (Å²) in [6.45, 7) is 6.26. The average molecular weight is 139 g/mol. The molecular formula is C9H17N. The van der Waals surface area contributed by atoms with Gasteiger partial charge in [-0.3, -0.25) is 4.99 Å². The Hall–Kier alpha value is -0.590. The van der Waals surface area contributed by atoms with Gasteiger partial charge >= 0.3 is 0 Å². The van der Waals surface area contributed by atoms with Crippen LogP contribution in [0.3, 0.4) is 0 Å². The summed E-state index contributed by atoms with van der Waals surface area (Å²) in [5.74, 6) is 0. The molecule has 0 amide bonds. The summed E-state index contributed by atoms with van der Waals surface area (Å²) in [6, 6.07) is 0. The van der Waals surface area contributed by atoms with E-state index in [9.17, 15) is 0 Å². The standard InChI is InChI=1S/C9H17N/c1-4-6-7-9(3)10-8-5-2/h5,8H,4,6-7H2,1-3H3/b8-5-,10-9?. The highest BCUT2D eigenvalue weighted by Gasteiger charge is 1.86. The highest BCUT2D eigenvalue weighted by Crippen LogP contribution is 1.96. The summed E-state index contributed by atoms with van der Waals surface area (Å²) in [7, 11) is 0. The van der Waals surface area contributed by atoms with Gasteiger partial charge in [-0.05, 0) is 26.7 Å². The summed E-state index contributed by atoms with van der Waals surface area (Å²) in [4.78, 5) is 4.22. The average Bonchev–Trinajstić information content (AvgIpc) is 1.97. The van der Waals surface area contributed by atoms with E-state index in [1.165, 1.54) is 18.6 Å². The van der Waals surface area contributed by atoms with Crippen LogP contribution in [-0.4, -0.2) is 5.71 Å². The third-order valence-corrected chi connectivity index (χ3v) is 1.34. The van der Waals surface area contributed by atoms with Gasteiger partial charge in [-0.2, -0.15) is 0 Å². The van der Waals surface area contributed by atoms with Crippen molar-refractivity contribution in [2.45, 2.75) is 40.0 Å². The summed E-state index contributed by atoms with van der Waals surface area (Å²) < 4.78 is 0. The molecule has 10 heavy (non-hydrogen) atoms. The predicted molar refractivity (Wildman–Crippen MR) is 47.4 cm³/mol. The molecular weight excluding hydrogens is 122 g/mol. The first kappa shape index (κ1) is 9.41. The summed E-state index contributed by atoms with van der Waals surface area (Å²) in [5.41, 5.74) is 1.24. The smallest absolute Gasteiger partial charge is 0.0224 e. The molecule has 0 unspecified atom stereocenters. The second-order valence-electron chi connectivity index (χ2n) is 2.45. The molecule has 0 atom stereocenters. The lowest BCUT2D eigenvalue weighted by Gasteiger charge is -1.94. The van der Waals surface area contributed by atoms with E-state index in [2.05, 4.69) is 18.8 Å². The molecule has 0 spiro atoms. The zero-order chi connectivity index (χ0) is 7.82. The van der Waals surface area contributed by atoms with Gasteiger partial charge in [0.2, 0.25) is 0 Å². The largest absolute Gasteiger partial charge is 0.266 e. The minimum atomic E-state index is 1.14. The van der Waals surface area contributed by atoms with Crippen LogP contribution in [0.25, 0.3) is 0 Å². The predicted octanol–water partition coefficient (Wildman–Crippen LogP) is 3.17. The molecule has 0 aliphatic carbocycles. The molecule has 0 aromatic heterocycles. The number of rotatable bonds is 4. The van der Waals surface area contributed by atoms with Gasteiger partial charge in [0.25, 0.3) is 0 Å². The Balaban J connectivity index is 3.49. The highest BCUT2D eigenvalue weighted by molar-refractivity contribution is 5.82. The first-order valence-electron chi connectivity index (χ1n) is 3.95. The Morgan fingerprint density at radius 1 is 1.50 bits per heavy atom. The van der Waals surface area contributed by atoms with E-state index in [0.717, 1.165) is 6.42 Å². The molecule has 0 aromatic rings. The van der Waals surface area contributed by atoms with Crippen LogP contribution in [0.1, 0.15) is 40.0 Å². The SMILES string of the molecule is C/C=C\N=C(C)CCCC. The molecule has 1 heteroatoms. The number of hydrogen-bond acceptors (Lipinski definition) is 1. The highest BCUT2D eigenvalue weighted by atomic mass is 14.7. The Bertz CT molecular complexity index is 123. The van der Waals surface area contributed by atoms with Crippen LogP contribution < -0.4 is 0 Å². The second kappa shape index (κ2) is 6.53. The van der Waals surface area contributed by atoms with Crippen molar-refractivity contribution in [2.75, 3.05) is 0 Å². The fourth-order valence-electron chi connectivity index (χ4n) is 0.699. The van der Waals surface area contributed by atoms with Gasteiger partial charge in [0.1, 0.15) is 0 Å². The molecule has 0 saturated heterocycles. The molecule has 0 aromatic carbocycles. The van der Waals surface area contributed by atoms with Gasteiger partial charge in [-0.1, -0.05) is 19.4 Å². The van der Waals surface area contributed by atoms with E-state index in [0.29, 0.717) is 0 Å². The van der Waals surface area contributed by atoms with Crippen molar-refractivity contribution < 1.29 is 0 Å². The van der Waals surface area contributed by atoms with E-state index in [4.69, 9.17) is 0 Å². The zero-order valence-electron chi connectivity index (χ0n) is 7.22. The number of allylic oxidation sites excluding steroid dienone is 1. The number of hydrogen-bond donors (Lipinski definition) is 0. The first-order chi connectivity index (χ1) is 4.81. The van der Waals surface area contributed by atoms with Crippen molar-refractivity contribution in [3.05, 3.63) is 12.3 Å². The van der Waals surface area contributed by atoms with E-state index in [1.54, 1.807) is 0 Å². The van der Waals surface area contributed by atoms with Crippen LogP contribution in [0, 0.1) is 0 Å². The van der Waals surface area contributed by atoms with Gasteiger partial charge in [-0.15, -0.1) is 0 Å². The van der Waals surface area contributed by atoms with E-state index in [1.807, 2.05) is 19.2 Å². The lowest BCUT2D eigenvalue weighted by atomic mass is 10.2. The zero-order valence-corrected chi connectivity index (χ0v) is 7.22. The monoisotopic (exact) mass is 139 g/mol. The minimum Gasteiger partial charge on any atom is -0.266 e. The van der Waals surface area contributed by atoms with Gasteiger partial charge in [0.05, 0.1) is 0 Å². The topological polar surface area (TPSA) is 12.4 Å². The third kappa shape index (κ3) is 5.54. The summed E-state index contributed by atoms with van der Waals surface area (Å²) >= 11 is 0. The van der Waals surface area contributed by atoms with Crippen molar-refractivity contribution in [2.24, 2.45) is 4.99 Å². The van der Waals surface area contributed by atoms with Crippen LogP contribution in [0.2, 0.25) is 0 Å². The summed E-state index contributed by atoms with van der Waals surface area (Å²) in [5, 5.41) is 0. The Kier molecular flexibility index (Phi) is 6.14. The van der Waals surface area contributed by atoms with E-state index in [-0.39, 0.29) is 0 Å². The fraction of sp³-hybridized carbons (Fsp3) is 0.667. The van der Waals surface area contributed by atoms with E-state index >= 15 is 0 Å². The van der Waals surface area contributed by atoms with Crippen molar-refractivity contribution >= 4 is 5.71 Å². The molecule has 0 heterocycles. The van der Waals surface area contributed by atoms with Gasteiger partial charge in [0, 0.05) is 11.9 Å².